The van der Waals surface area contributed by atoms with E-state index < -0.39 is 36.6 Å². The summed E-state index contributed by atoms with van der Waals surface area (Å²) in [5, 5.41) is 2.06. The molecule has 2 aromatic rings. The third-order valence-electron chi connectivity index (χ3n) is 3.45. The number of hydrogen-bond donors (Lipinski definition) is 1. The number of nitrogens with one attached hydrogen (secondary N) is 1. The van der Waals surface area contributed by atoms with Gasteiger partial charge in [0.1, 0.15) is 6.61 Å². The average Bonchev–Trinajstić information content (AvgIpc) is 2.96. The summed E-state index contributed by atoms with van der Waals surface area (Å²) >= 11 is 2.53. The lowest BCUT2D eigenvalue weighted by molar-refractivity contribution is -0.283. The summed E-state index contributed by atoms with van der Waals surface area (Å²) in [6.45, 7) is 1.47. The Labute approximate surface area is 168 Å². The number of hydrogen-bond acceptors (Lipinski definition) is 6. The third kappa shape index (κ3) is 7.07. The number of carbonyl (C=O) groups excluding carboxylic acids is 2. The highest BCUT2D eigenvalue weighted by atomic mass is 32.2. The van der Waals surface area contributed by atoms with Gasteiger partial charge >= 0.3 is 18.3 Å². The number of anilines is 1. The molecule has 0 radical (unpaired) electrons. The van der Waals surface area contributed by atoms with E-state index in [0.29, 0.717) is 20.3 Å². The maximum absolute atomic E-state index is 12.6. The molecule has 1 heterocycles. The van der Waals surface area contributed by atoms with Crippen molar-refractivity contribution in [3.05, 3.63) is 18.2 Å². The molecule has 0 spiro atoms. The van der Waals surface area contributed by atoms with Gasteiger partial charge in [0.2, 0.25) is 5.91 Å². The highest BCUT2D eigenvalue weighted by molar-refractivity contribution is 8.01. The summed E-state index contributed by atoms with van der Waals surface area (Å²) in [5.74, 6) is -5.08. The molecule has 13 heteroatoms. The van der Waals surface area contributed by atoms with Gasteiger partial charge in [-0.3, -0.25) is 9.59 Å². The predicted molar refractivity (Wildman–Crippen MR) is 95.8 cm³/mol. The molecule has 0 aliphatic heterocycles. The first-order valence-electron chi connectivity index (χ1n) is 7.96. The summed E-state index contributed by atoms with van der Waals surface area (Å²) in [5.41, 5.74) is 0.608. The number of carbonyl (C=O) groups is 2. The van der Waals surface area contributed by atoms with Crippen molar-refractivity contribution in [1.82, 2.24) is 4.98 Å². The second kappa shape index (κ2) is 9.20. The van der Waals surface area contributed by atoms with E-state index in [2.05, 4.69) is 10.3 Å². The number of thiazole rings is 1. The van der Waals surface area contributed by atoms with Crippen LogP contribution in [0, 0.1) is 5.92 Å². The van der Waals surface area contributed by atoms with Gasteiger partial charge in [-0.05, 0) is 18.2 Å². The standard InChI is InChI=1S/C16H14F6N2O3S2/c1-8(25)27-4-5-28-14-24-10-3-2-9(6-11(10)29-14)23-13(26)7-12(15(17,18)19)16(20,21)22/h2-3,6,12H,4-5,7H2,1H3,(H,23,26). The topological polar surface area (TPSA) is 68.3 Å². The second-order valence-electron chi connectivity index (χ2n) is 5.74. The van der Waals surface area contributed by atoms with Gasteiger partial charge < -0.3 is 10.1 Å². The minimum atomic E-state index is -5.57. The Hall–Kier alpha value is -2.02. The maximum atomic E-state index is 12.6. The minimum absolute atomic E-state index is 0.0608. The van der Waals surface area contributed by atoms with E-state index in [4.69, 9.17) is 4.74 Å². The summed E-state index contributed by atoms with van der Waals surface area (Å²) in [6, 6.07) is 4.24. The number of esters is 1. The van der Waals surface area contributed by atoms with Crippen molar-refractivity contribution in [3.8, 4) is 0 Å². The monoisotopic (exact) mass is 460 g/mol. The van der Waals surface area contributed by atoms with Crippen molar-refractivity contribution in [2.75, 3.05) is 17.7 Å². The van der Waals surface area contributed by atoms with Crippen LogP contribution < -0.4 is 5.32 Å². The molecular weight excluding hydrogens is 446 g/mol. The molecule has 29 heavy (non-hydrogen) atoms. The molecule has 0 unspecified atom stereocenters. The zero-order chi connectivity index (χ0) is 21.8. The van der Waals surface area contributed by atoms with E-state index in [1.807, 2.05) is 0 Å². The van der Waals surface area contributed by atoms with E-state index in [1.165, 1.54) is 48.2 Å². The van der Waals surface area contributed by atoms with E-state index in [0.717, 1.165) is 0 Å². The second-order valence-corrected chi connectivity index (χ2v) is 8.11. The van der Waals surface area contributed by atoms with E-state index in [1.54, 1.807) is 0 Å². The van der Waals surface area contributed by atoms with Crippen LogP contribution >= 0.6 is 23.1 Å². The molecule has 0 atom stereocenters. The van der Waals surface area contributed by atoms with Crippen molar-refractivity contribution in [2.45, 2.75) is 30.0 Å². The van der Waals surface area contributed by atoms with E-state index >= 15 is 0 Å². The highest BCUT2D eigenvalue weighted by Crippen LogP contribution is 2.41. The first kappa shape index (κ1) is 23.3. The van der Waals surface area contributed by atoms with Gasteiger partial charge in [0, 0.05) is 24.8 Å². The van der Waals surface area contributed by atoms with Crippen LogP contribution in [0.3, 0.4) is 0 Å². The van der Waals surface area contributed by atoms with Crippen molar-refractivity contribution >= 4 is 50.9 Å². The number of benzene rings is 1. The Balaban J connectivity index is 2.02. The summed E-state index contributed by atoms with van der Waals surface area (Å²) in [7, 11) is 0. The van der Waals surface area contributed by atoms with Crippen LogP contribution in [-0.2, 0) is 14.3 Å². The zero-order valence-electron chi connectivity index (χ0n) is 14.7. The van der Waals surface area contributed by atoms with Crippen molar-refractivity contribution in [2.24, 2.45) is 5.92 Å². The highest BCUT2D eigenvalue weighted by Gasteiger charge is 2.57. The van der Waals surface area contributed by atoms with Gasteiger partial charge in [-0.15, -0.1) is 11.3 Å². The number of ether oxygens (including phenoxy) is 1. The number of halogens is 6. The Morgan fingerprint density at radius 3 is 2.45 bits per heavy atom. The first-order valence-corrected chi connectivity index (χ1v) is 9.76. The summed E-state index contributed by atoms with van der Waals surface area (Å²) < 4.78 is 81.4. The van der Waals surface area contributed by atoms with Gasteiger partial charge in [0.25, 0.3) is 0 Å². The van der Waals surface area contributed by atoms with Crippen LogP contribution in [0.15, 0.2) is 22.5 Å². The third-order valence-corrected chi connectivity index (χ3v) is 5.57. The van der Waals surface area contributed by atoms with Crippen LogP contribution in [0.1, 0.15) is 13.3 Å². The van der Waals surface area contributed by atoms with Crippen LogP contribution in [-0.4, -0.2) is 41.6 Å². The quantitative estimate of drug-likeness (QED) is 0.272. The van der Waals surface area contributed by atoms with Gasteiger partial charge in [-0.25, -0.2) is 4.98 Å². The molecule has 0 saturated carbocycles. The fourth-order valence-electron chi connectivity index (χ4n) is 2.17. The molecular formula is C16H14F6N2O3S2. The number of alkyl halides is 6. The molecule has 1 aromatic carbocycles. The average molecular weight is 460 g/mol. The van der Waals surface area contributed by atoms with Gasteiger partial charge in [0.15, 0.2) is 10.3 Å². The zero-order valence-corrected chi connectivity index (χ0v) is 16.3. The van der Waals surface area contributed by atoms with E-state index in [9.17, 15) is 35.9 Å². The Bertz CT molecular complexity index is 868. The van der Waals surface area contributed by atoms with Gasteiger partial charge in [0.05, 0.1) is 10.2 Å². The molecule has 1 amide bonds. The Morgan fingerprint density at radius 1 is 1.21 bits per heavy atom. The molecule has 0 fully saturated rings. The largest absolute Gasteiger partial charge is 0.465 e. The molecule has 0 aliphatic carbocycles. The Kier molecular flexibility index (Phi) is 7.38. The number of nitrogens with zero attached hydrogens (tertiary/aromatic N) is 1. The summed E-state index contributed by atoms with van der Waals surface area (Å²) in [4.78, 5) is 26.7. The molecule has 1 N–H and O–H groups in total. The number of aromatic nitrogens is 1. The smallest absolute Gasteiger partial charge is 0.400 e. The SMILES string of the molecule is CC(=O)OCCSc1nc2ccc(NC(=O)CC(C(F)(F)F)C(F)(F)F)cc2s1. The molecule has 2 rings (SSSR count). The number of rotatable bonds is 7. The lowest BCUT2D eigenvalue weighted by atomic mass is 10.0. The number of amides is 1. The first-order chi connectivity index (χ1) is 13.4. The molecule has 5 nitrogen and oxygen atoms in total. The van der Waals surface area contributed by atoms with Gasteiger partial charge in [-0.1, -0.05) is 11.8 Å². The van der Waals surface area contributed by atoms with Crippen LogP contribution in [0.4, 0.5) is 32.0 Å². The normalized spacial score (nSPS) is 12.4. The molecule has 0 aliphatic rings. The van der Waals surface area contributed by atoms with E-state index in [-0.39, 0.29) is 12.3 Å². The lowest BCUT2D eigenvalue weighted by Gasteiger charge is -2.22. The molecule has 160 valence electrons. The minimum Gasteiger partial charge on any atom is -0.465 e. The molecule has 1 aromatic heterocycles. The summed E-state index contributed by atoms with van der Waals surface area (Å²) in [6.07, 6.45) is -12.9. The van der Waals surface area contributed by atoms with Crippen molar-refractivity contribution in [1.29, 1.82) is 0 Å². The molecule has 0 saturated heterocycles. The number of fused-ring (bicyclic) bond motifs is 1. The lowest BCUT2D eigenvalue weighted by Crippen LogP contribution is -2.39. The Morgan fingerprint density at radius 2 is 1.86 bits per heavy atom. The van der Waals surface area contributed by atoms with Gasteiger partial charge in [-0.2, -0.15) is 26.3 Å². The van der Waals surface area contributed by atoms with Crippen LogP contribution in [0.25, 0.3) is 10.2 Å². The fraction of sp³-hybridized carbons (Fsp3) is 0.438. The van der Waals surface area contributed by atoms with Crippen molar-refractivity contribution in [3.63, 3.8) is 0 Å². The van der Waals surface area contributed by atoms with Crippen LogP contribution in [0.2, 0.25) is 0 Å². The molecule has 0 bridgehead atoms. The fourth-order valence-corrected chi connectivity index (χ4v) is 4.17. The predicted octanol–water partition coefficient (Wildman–Crippen LogP) is 5.02. The van der Waals surface area contributed by atoms with Crippen molar-refractivity contribution < 1.29 is 40.7 Å². The van der Waals surface area contributed by atoms with Crippen LogP contribution in [0.5, 0.6) is 0 Å². The maximum Gasteiger partial charge on any atom is 0.400 e. The number of thioether (sulfide) groups is 1.